The van der Waals surface area contributed by atoms with Crippen LogP contribution in [0.2, 0.25) is 0 Å². The third-order valence-corrected chi connectivity index (χ3v) is 4.60. The summed E-state index contributed by atoms with van der Waals surface area (Å²) < 4.78 is 10.4. The van der Waals surface area contributed by atoms with Gasteiger partial charge in [0.2, 0.25) is 0 Å². The molecule has 0 bridgehead atoms. The molecule has 2 heterocycles. The molecule has 18 heavy (non-hydrogen) atoms. The second kappa shape index (κ2) is 5.48. The number of carbonyl (C=O) groups is 1. The average molecular weight is 322 g/mol. The molecule has 0 aliphatic carbocycles. The number of aliphatic hydroxyl groups is 3. The number of hydrogen-bond acceptors (Lipinski definition) is 7. The van der Waals surface area contributed by atoms with Gasteiger partial charge >= 0.3 is 108 Å². The number of aromatic nitrogens is 1. The molecule has 0 spiro atoms. The first kappa shape index (κ1) is 13.7. The molecule has 1 aromatic rings. The van der Waals surface area contributed by atoms with E-state index in [0.717, 1.165) is 0 Å². The zero-order valence-corrected chi connectivity index (χ0v) is 11.2. The molecule has 0 unspecified atom stereocenters. The summed E-state index contributed by atoms with van der Waals surface area (Å²) in [5, 5.41) is 28.4. The van der Waals surface area contributed by atoms with Crippen LogP contribution in [0.1, 0.15) is 21.2 Å². The predicted octanol–water partition coefficient (Wildman–Crippen LogP) is -1.92. The van der Waals surface area contributed by atoms with Crippen molar-refractivity contribution in [2.24, 2.45) is 0 Å². The number of carbonyl (C=O) groups excluding carboxylic acids is 1. The summed E-state index contributed by atoms with van der Waals surface area (Å²) in [6.45, 7) is -0.383. The van der Waals surface area contributed by atoms with Crippen molar-refractivity contribution in [2.75, 3.05) is 13.7 Å². The van der Waals surface area contributed by atoms with Crippen LogP contribution in [0.4, 0.5) is 0 Å². The minimum absolute atomic E-state index is 0.185. The average Bonchev–Trinajstić information content (AvgIpc) is 2.96. The van der Waals surface area contributed by atoms with E-state index in [0.29, 0.717) is 4.57 Å². The molecular formula is C10H13NO6Se. The van der Waals surface area contributed by atoms with Gasteiger partial charge in [0.1, 0.15) is 0 Å². The minimum atomic E-state index is -1.15. The van der Waals surface area contributed by atoms with Crippen molar-refractivity contribution in [3.05, 3.63) is 15.2 Å². The number of methoxy groups -OCH3 is 1. The molecule has 0 radical (unpaired) electrons. The van der Waals surface area contributed by atoms with Crippen molar-refractivity contribution >= 4 is 20.5 Å². The van der Waals surface area contributed by atoms with Crippen LogP contribution in [0, 0.1) is 0 Å². The van der Waals surface area contributed by atoms with Gasteiger partial charge in [-0.1, -0.05) is 0 Å². The van der Waals surface area contributed by atoms with Crippen molar-refractivity contribution < 1.29 is 29.6 Å². The first-order chi connectivity index (χ1) is 8.58. The van der Waals surface area contributed by atoms with Crippen molar-refractivity contribution in [1.82, 2.24) is 4.98 Å². The second-order valence-corrected chi connectivity index (χ2v) is 5.69. The van der Waals surface area contributed by atoms with Crippen molar-refractivity contribution in [2.45, 2.75) is 24.4 Å². The van der Waals surface area contributed by atoms with Gasteiger partial charge in [-0.05, 0) is 0 Å². The van der Waals surface area contributed by atoms with Crippen LogP contribution < -0.4 is 0 Å². The second-order valence-electron chi connectivity index (χ2n) is 3.82. The van der Waals surface area contributed by atoms with Gasteiger partial charge in [0, 0.05) is 0 Å². The van der Waals surface area contributed by atoms with Gasteiger partial charge in [-0.2, -0.15) is 0 Å². The van der Waals surface area contributed by atoms with E-state index in [2.05, 4.69) is 9.72 Å². The SMILES string of the molecule is COC(=O)c1c[se]c([C@H]2O[C@H](CO)[C@@H](O)[C@H]2O)n1. The first-order valence-corrected chi connectivity index (χ1v) is 7.09. The first-order valence-electron chi connectivity index (χ1n) is 5.24. The Bertz CT molecular complexity index is 436. The maximum absolute atomic E-state index is 11.3. The van der Waals surface area contributed by atoms with Gasteiger partial charge in [0.05, 0.1) is 0 Å². The van der Waals surface area contributed by atoms with Crippen LogP contribution in [-0.4, -0.2) is 72.8 Å². The fourth-order valence-corrected chi connectivity index (χ4v) is 3.53. The van der Waals surface area contributed by atoms with Crippen molar-refractivity contribution in [1.29, 1.82) is 0 Å². The van der Waals surface area contributed by atoms with Crippen molar-refractivity contribution in [3.63, 3.8) is 0 Å². The van der Waals surface area contributed by atoms with Crippen LogP contribution in [0.5, 0.6) is 0 Å². The van der Waals surface area contributed by atoms with Crippen molar-refractivity contribution in [3.8, 4) is 0 Å². The zero-order chi connectivity index (χ0) is 13.3. The van der Waals surface area contributed by atoms with E-state index < -0.39 is 30.4 Å². The summed E-state index contributed by atoms with van der Waals surface area (Å²) in [6, 6.07) is 0. The zero-order valence-electron chi connectivity index (χ0n) is 9.52. The molecule has 1 aromatic heterocycles. The summed E-state index contributed by atoms with van der Waals surface area (Å²) in [7, 11) is 1.26. The molecule has 7 nitrogen and oxygen atoms in total. The Morgan fingerprint density at radius 3 is 2.83 bits per heavy atom. The molecule has 1 aliphatic heterocycles. The quantitative estimate of drug-likeness (QED) is 0.440. The molecule has 8 heteroatoms. The van der Waals surface area contributed by atoms with E-state index in [-0.39, 0.29) is 26.8 Å². The van der Waals surface area contributed by atoms with Gasteiger partial charge in [-0.3, -0.25) is 0 Å². The van der Waals surface area contributed by atoms with E-state index in [1.807, 2.05) is 0 Å². The molecule has 0 saturated carbocycles. The Morgan fingerprint density at radius 1 is 1.56 bits per heavy atom. The van der Waals surface area contributed by atoms with Gasteiger partial charge in [-0.15, -0.1) is 0 Å². The Labute approximate surface area is 109 Å². The Morgan fingerprint density at radius 2 is 2.28 bits per heavy atom. The molecule has 2 rings (SSSR count). The molecule has 1 saturated heterocycles. The van der Waals surface area contributed by atoms with E-state index in [4.69, 9.17) is 9.84 Å². The molecule has 0 amide bonds. The number of esters is 1. The number of rotatable bonds is 3. The van der Waals surface area contributed by atoms with E-state index in [1.54, 1.807) is 4.94 Å². The Hall–Kier alpha value is -0.761. The molecule has 0 aromatic carbocycles. The fourth-order valence-electron chi connectivity index (χ4n) is 1.72. The molecule has 4 atom stereocenters. The van der Waals surface area contributed by atoms with Crippen LogP contribution in [0.3, 0.4) is 0 Å². The maximum atomic E-state index is 11.3. The van der Waals surface area contributed by atoms with E-state index in [1.165, 1.54) is 7.11 Å². The normalized spacial score (nSPS) is 31.6. The predicted molar refractivity (Wildman–Crippen MR) is 59.2 cm³/mol. The molecular weight excluding hydrogens is 309 g/mol. The van der Waals surface area contributed by atoms with Gasteiger partial charge in [0.15, 0.2) is 0 Å². The standard InChI is InChI=1S/C10H13NO6Se/c1-16-10(15)4-3-18-9(11-4)8-7(14)6(13)5(2-12)17-8/h3,5-8,12-14H,2H2,1H3/t5-,6-,7-,8+/m1/s1. The van der Waals surface area contributed by atoms with Gasteiger partial charge in [0.25, 0.3) is 0 Å². The summed E-state index contributed by atoms with van der Waals surface area (Å²) in [5.41, 5.74) is 0.185. The Balaban J connectivity index is 2.17. The third kappa shape index (κ3) is 2.35. The third-order valence-electron chi connectivity index (χ3n) is 2.70. The number of nitrogens with zero attached hydrogens (tertiary/aromatic N) is 1. The van der Waals surface area contributed by atoms with E-state index in [9.17, 15) is 15.0 Å². The fraction of sp³-hybridized carbons (Fsp3) is 0.600. The summed E-state index contributed by atoms with van der Waals surface area (Å²) >= 11 is -0.237. The molecule has 1 aliphatic rings. The number of aliphatic hydroxyl groups excluding tert-OH is 3. The number of hydrogen-bond donors (Lipinski definition) is 3. The summed E-state index contributed by atoms with van der Waals surface area (Å²) in [4.78, 5) is 16.9. The van der Waals surface area contributed by atoms with Gasteiger partial charge in [-0.25, -0.2) is 0 Å². The monoisotopic (exact) mass is 323 g/mol. The van der Waals surface area contributed by atoms with Crippen LogP contribution >= 0.6 is 0 Å². The summed E-state index contributed by atoms with van der Waals surface area (Å²) in [6.07, 6.45) is -3.91. The number of ether oxygens (including phenoxy) is 2. The topological polar surface area (TPSA) is 109 Å². The van der Waals surface area contributed by atoms with E-state index >= 15 is 0 Å². The molecule has 1 fully saturated rings. The Kier molecular flexibility index (Phi) is 4.16. The molecule has 3 N–H and O–H groups in total. The van der Waals surface area contributed by atoms with Crippen LogP contribution in [0.25, 0.3) is 0 Å². The molecule has 100 valence electrons. The van der Waals surface area contributed by atoms with Crippen LogP contribution in [-0.2, 0) is 9.47 Å². The van der Waals surface area contributed by atoms with Gasteiger partial charge < -0.3 is 0 Å². The van der Waals surface area contributed by atoms with Crippen LogP contribution in [0.15, 0.2) is 4.94 Å². The summed E-state index contributed by atoms with van der Waals surface area (Å²) in [5.74, 6) is -0.543.